The van der Waals surface area contributed by atoms with Crippen molar-refractivity contribution < 1.29 is 18.0 Å². The van der Waals surface area contributed by atoms with Gasteiger partial charge in [-0.3, -0.25) is 9.69 Å². The molecule has 0 aromatic heterocycles. The van der Waals surface area contributed by atoms with Crippen LogP contribution in [0.5, 0.6) is 0 Å². The number of alkyl halides is 3. The Balaban J connectivity index is 1.73. The molecule has 4 nitrogen and oxygen atoms in total. The molecule has 0 saturated carbocycles. The maximum Gasteiger partial charge on any atom is 0.401 e. The van der Waals surface area contributed by atoms with Gasteiger partial charge in [0.15, 0.2) is 0 Å². The number of nitrogens with zero attached hydrogens (tertiary/aromatic N) is 2. The zero-order chi connectivity index (χ0) is 19.6. The highest BCUT2D eigenvalue weighted by atomic mass is 19.4. The SMILES string of the molecule is CC1CCN(c2cc(C3CCN(CC(F)(F)F)CC3)ccc2C(N)=O)CC1. The van der Waals surface area contributed by atoms with Gasteiger partial charge in [0.1, 0.15) is 0 Å². The van der Waals surface area contributed by atoms with Gasteiger partial charge in [0, 0.05) is 18.8 Å². The van der Waals surface area contributed by atoms with E-state index >= 15 is 0 Å². The molecule has 2 heterocycles. The monoisotopic (exact) mass is 383 g/mol. The number of hydrogen-bond acceptors (Lipinski definition) is 3. The number of likely N-dealkylation sites (tertiary alicyclic amines) is 1. The van der Waals surface area contributed by atoms with Crippen molar-refractivity contribution in [2.45, 2.75) is 44.7 Å². The molecule has 2 aliphatic rings. The van der Waals surface area contributed by atoms with Gasteiger partial charge in [-0.15, -0.1) is 0 Å². The first kappa shape index (κ1) is 20.0. The minimum Gasteiger partial charge on any atom is -0.371 e. The van der Waals surface area contributed by atoms with E-state index in [0.717, 1.165) is 37.2 Å². The van der Waals surface area contributed by atoms with Crippen LogP contribution >= 0.6 is 0 Å². The highest BCUT2D eigenvalue weighted by molar-refractivity contribution is 5.98. The van der Waals surface area contributed by atoms with Crippen LogP contribution in [0.4, 0.5) is 18.9 Å². The number of halogens is 3. The van der Waals surface area contributed by atoms with E-state index in [1.165, 1.54) is 4.90 Å². The van der Waals surface area contributed by atoms with Gasteiger partial charge >= 0.3 is 6.18 Å². The number of nitrogens with two attached hydrogens (primary N) is 1. The Kier molecular flexibility index (Phi) is 5.99. The van der Waals surface area contributed by atoms with E-state index in [1.807, 2.05) is 12.1 Å². The average Bonchev–Trinajstić information content (AvgIpc) is 2.61. The van der Waals surface area contributed by atoms with Gasteiger partial charge in [0.05, 0.1) is 12.1 Å². The summed E-state index contributed by atoms with van der Waals surface area (Å²) in [4.78, 5) is 15.6. The Bertz CT molecular complexity index is 661. The molecule has 150 valence electrons. The zero-order valence-corrected chi connectivity index (χ0v) is 15.8. The van der Waals surface area contributed by atoms with Crippen molar-refractivity contribution in [2.75, 3.05) is 37.6 Å². The van der Waals surface area contributed by atoms with Gasteiger partial charge in [-0.25, -0.2) is 0 Å². The van der Waals surface area contributed by atoms with Crippen LogP contribution in [0.1, 0.15) is 54.4 Å². The lowest BCUT2D eigenvalue weighted by atomic mass is 9.88. The van der Waals surface area contributed by atoms with E-state index in [9.17, 15) is 18.0 Å². The Morgan fingerprint density at radius 1 is 1.11 bits per heavy atom. The molecule has 0 unspecified atom stereocenters. The van der Waals surface area contributed by atoms with Crippen molar-refractivity contribution in [3.8, 4) is 0 Å². The summed E-state index contributed by atoms with van der Waals surface area (Å²) in [6.07, 6.45) is -0.587. The zero-order valence-electron chi connectivity index (χ0n) is 15.8. The summed E-state index contributed by atoms with van der Waals surface area (Å²) >= 11 is 0. The Labute approximate surface area is 158 Å². The lowest BCUT2D eigenvalue weighted by Gasteiger charge is -2.35. The predicted octanol–water partition coefficient (Wildman–Crippen LogP) is 3.76. The smallest absolute Gasteiger partial charge is 0.371 e. The number of carbonyl (C=O) groups excluding carboxylic acids is 1. The van der Waals surface area contributed by atoms with Gasteiger partial charge in [-0.2, -0.15) is 13.2 Å². The van der Waals surface area contributed by atoms with Crippen molar-refractivity contribution in [3.05, 3.63) is 29.3 Å². The predicted molar refractivity (Wildman–Crippen MR) is 100 cm³/mol. The molecule has 1 aromatic rings. The normalized spacial score (nSPS) is 20.8. The van der Waals surface area contributed by atoms with Crippen molar-refractivity contribution in [1.82, 2.24) is 4.90 Å². The lowest BCUT2D eigenvalue weighted by Crippen LogP contribution is -2.39. The first-order valence-electron chi connectivity index (χ1n) is 9.71. The summed E-state index contributed by atoms with van der Waals surface area (Å²) < 4.78 is 37.7. The summed E-state index contributed by atoms with van der Waals surface area (Å²) in [5.74, 6) is 0.466. The molecule has 0 bridgehead atoms. The number of amides is 1. The molecule has 2 aliphatic heterocycles. The van der Waals surface area contributed by atoms with Crippen LogP contribution in [0.15, 0.2) is 18.2 Å². The topological polar surface area (TPSA) is 49.6 Å². The van der Waals surface area contributed by atoms with Gasteiger partial charge in [0.25, 0.3) is 5.91 Å². The molecule has 0 atom stereocenters. The van der Waals surface area contributed by atoms with E-state index < -0.39 is 18.6 Å². The van der Waals surface area contributed by atoms with Crippen molar-refractivity contribution >= 4 is 11.6 Å². The molecule has 7 heteroatoms. The van der Waals surface area contributed by atoms with Crippen LogP contribution in [0, 0.1) is 5.92 Å². The number of benzene rings is 1. The largest absolute Gasteiger partial charge is 0.401 e. The number of hydrogen-bond donors (Lipinski definition) is 1. The van der Waals surface area contributed by atoms with Crippen LogP contribution in [0.2, 0.25) is 0 Å². The van der Waals surface area contributed by atoms with Gasteiger partial charge in [-0.05, 0) is 68.3 Å². The summed E-state index contributed by atoms with van der Waals surface area (Å²) in [7, 11) is 0. The minimum atomic E-state index is -4.14. The average molecular weight is 383 g/mol. The van der Waals surface area contributed by atoms with E-state index in [0.29, 0.717) is 37.4 Å². The number of anilines is 1. The van der Waals surface area contributed by atoms with Crippen LogP contribution in [0.3, 0.4) is 0 Å². The summed E-state index contributed by atoms with van der Waals surface area (Å²) in [5.41, 5.74) is 8.08. The van der Waals surface area contributed by atoms with E-state index in [4.69, 9.17) is 5.73 Å². The molecule has 3 rings (SSSR count). The Morgan fingerprint density at radius 2 is 1.74 bits per heavy atom. The molecule has 1 amide bonds. The molecule has 2 saturated heterocycles. The maximum atomic E-state index is 12.6. The Morgan fingerprint density at radius 3 is 2.30 bits per heavy atom. The second kappa shape index (κ2) is 8.09. The standard InChI is InChI=1S/C20H28F3N3O/c1-14-4-10-26(11-5-14)18-12-16(2-3-17(18)19(24)27)15-6-8-25(9-7-15)13-20(21,22)23/h2-3,12,14-15H,4-11,13H2,1H3,(H2,24,27). The molecule has 0 spiro atoms. The second-order valence-electron chi connectivity index (χ2n) is 7.98. The first-order valence-corrected chi connectivity index (χ1v) is 9.71. The highest BCUT2D eigenvalue weighted by Crippen LogP contribution is 2.34. The van der Waals surface area contributed by atoms with Crippen molar-refractivity contribution in [1.29, 1.82) is 0 Å². The summed E-state index contributed by atoms with van der Waals surface area (Å²) in [6.45, 7) is 4.08. The molecule has 2 N–H and O–H groups in total. The fourth-order valence-electron chi connectivity index (χ4n) is 4.20. The summed E-state index contributed by atoms with van der Waals surface area (Å²) in [6, 6.07) is 5.74. The van der Waals surface area contributed by atoms with Crippen molar-refractivity contribution in [3.63, 3.8) is 0 Å². The van der Waals surface area contributed by atoms with Crippen LogP contribution in [-0.4, -0.2) is 49.7 Å². The fraction of sp³-hybridized carbons (Fsp3) is 0.650. The third-order valence-electron chi connectivity index (χ3n) is 5.87. The molecular weight excluding hydrogens is 355 g/mol. The number of rotatable bonds is 4. The Hall–Kier alpha value is -1.76. The van der Waals surface area contributed by atoms with Gasteiger partial charge in [-0.1, -0.05) is 13.0 Å². The van der Waals surface area contributed by atoms with E-state index in [2.05, 4.69) is 11.8 Å². The van der Waals surface area contributed by atoms with Crippen LogP contribution < -0.4 is 10.6 Å². The molecule has 2 fully saturated rings. The third kappa shape index (κ3) is 5.15. The van der Waals surface area contributed by atoms with E-state index in [-0.39, 0.29) is 5.92 Å². The maximum absolute atomic E-state index is 12.6. The molecule has 27 heavy (non-hydrogen) atoms. The van der Waals surface area contributed by atoms with Gasteiger partial charge in [0.2, 0.25) is 0 Å². The first-order chi connectivity index (χ1) is 12.7. The minimum absolute atomic E-state index is 0.221. The van der Waals surface area contributed by atoms with Crippen LogP contribution in [0.25, 0.3) is 0 Å². The second-order valence-corrected chi connectivity index (χ2v) is 7.98. The highest BCUT2D eigenvalue weighted by Gasteiger charge is 2.33. The molecule has 0 radical (unpaired) electrons. The molecule has 1 aromatic carbocycles. The van der Waals surface area contributed by atoms with Crippen molar-refractivity contribution in [2.24, 2.45) is 11.7 Å². The quantitative estimate of drug-likeness (QED) is 0.861. The summed E-state index contributed by atoms with van der Waals surface area (Å²) in [5, 5.41) is 0. The van der Waals surface area contributed by atoms with Crippen LogP contribution in [-0.2, 0) is 0 Å². The molecular formula is C20H28F3N3O. The lowest BCUT2D eigenvalue weighted by molar-refractivity contribution is -0.147. The van der Waals surface area contributed by atoms with Gasteiger partial charge < -0.3 is 10.6 Å². The van der Waals surface area contributed by atoms with E-state index in [1.54, 1.807) is 6.07 Å². The number of primary amides is 1. The number of piperidine rings is 2. The molecule has 0 aliphatic carbocycles. The fourth-order valence-corrected chi connectivity index (χ4v) is 4.20. The number of carbonyl (C=O) groups is 1. The third-order valence-corrected chi connectivity index (χ3v) is 5.87.